The monoisotopic (exact) mass is 257 g/mol. The first-order chi connectivity index (χ1) is 7.63. The summed E-state index contributed by atoms with van der Waals surface area (Å²) in [6, 6.07) is 4.93. The third-order valence-electron chi connectivity index (χ3n) is 2.65. The SMILES string of the molecule is CSC(C)CNC(CC(C)C)c1cccs1. The summed E-state index contributed by atoms with van der Waals surface area (Å²) in [4.78, 5) is 1.47. The normalized spacial score (nSPS) is 15.3. The van der Waals surface area contributed by atoms with Crippen molar-refractivity contribution in [3.05, 3.63) is 22.4 Å². The number of hydrogen-bond acceptors (Lipinski definition) is 3. The second-order valence-electron chi connectivity index (χ2n) is 4.65. The highest BCUT2D eigenvalue weighted by atomic mass is 32.2. The van der Waals surface area contributed by atoms with Gasteiger partial charge in [-0.3, -0.25) is 0 Å². The van der Waals surface area contributed by atoms with Crippen LogP contribution in [0.25, 0.3) is 0 Å². The molecule has 2 atom stereocenters. The largest absolute Gasteiger partial charge is 0.308 e. The van der Waals surface area contributed by atoms with E-state index >= 15 is 0 Å². The predicted octanol–water partition coefficient (Wildman–Crippen LogP) is 4.18. The van der Waals surface area contributed by atoms with Gasteiger partial charge in [0.1, 0.15) is 0 Å². The van der Waals surface area contributed by atoms with Gasteiger partial charge in [-0.25, -0.2) is 0 Å². The fourth-order valence-corrected chi connectivity index (χ4v) is 2.73. The zero-order valence-electron chi connectivity index (χ0n) is 10.7. The molecule has 3 heteroatoms. The van der Waals surface area contributed by atoms with E-state index in [1.165, 1.54) is 11.3 Å². The van der Waals surface area contributed by atoms with Crippen LogP contribution in [-0.4, -0.2) is 18.1 Å². The second kappa shape index (κ2) is 7.36. The van der Waals surface area contributed by atoms with Gasteiger partial charge in [-0.1, -0.05) is 26.8 Å². The summed E-state index contributed by atoms with van der Waals surface area (Å²) >= 11 is 3.79. The number of hydrogen-bond donors (Lipinski definition) is 1. The van der Waals surface area contributed by atoms with Gasteiger partial charge in [0.05, 0.1) is 0 Å². The molecule has 0 aliphatic carbocycles. The Hall–Kier alpha value is 0.01000. The molecule has 0 aliphatic rings. The average Bonchev–Trinajstić information content (AvgIpc) is 2.76. The Morgan fingerprint density at radius 2 is 2.12 bits per heavy atom. The number of nitrogens with one attached hydrogen (secondary N) is 1. The first kappa shape index (κ1) is 14.1. The van der Waals surface area contributed by atoms with E-state index in [1.54, 1.807) is 0 Å². The lowest BCUT2D eigenvalue weighted by atomic mass is 10.0. The van der Waals surface area contributed by atoms with Gasteiger partial charge in [-0.15, -0.1) is 11.3 Å². The third kappa shape index (κ3) is 4.89. The highest BCUT2D eigenvalue weighted by Crippen LogP contribution is 2.25. The highest BCUT2D eigenvalue weighted by molar-refractivity contribution is 7.99. The van der Waals surface area contributed by atoms with Crippen LogP contribution in [0.5, 0.6) is 0 Å². The van der Waals surface area contributed by atoms with Crippen LogP contribution in [0, 0.1) is 5.92 Å². The molecule has 1 N–H and O–H groups in total. The third-order valence-corrected chi connectivity index (χ3v) is 4.61. The molecule has 0 aliphatic heterocycles. The van der Waals surface area contributed by atoms with Crippen molar-refractivity contribution in [3.63, 3.8) is 0 Å². The predicted molar refractivity (Wildman–Crippen MR) is 77.5 cm³/mol. The molecule has 0 amide bonds. The van der Waals surface area contributed by atoms with Gasteiger partial charge in [-0.05, 0) is 30.0 Å². The van der Waals surface area contributed by atoms with Crippen molar-refractivity contribution < 1.29 is 0 Å². The molecule has 1 aromatic heterocycles. The quantitative estimate of drug-likeness (QED) is 0.786. The molecule has 1 rings (SSSR count). The second-order valence-corrected chi connectivity index (χ2v) is 6.91. The van der Waals surface area contributed by atoms with Crippen LogP contribution >= 0.6 is 23.1 Å². The fraction of sp³-hybridized carbons (Fsp3) is 0.692. The molecule has 1 aromatic rings. The van der Waals surface area contributed by atoms with Gasteiger partial charge < -0.3 is 5.32 Å². The minimum Gasteiger partial charge on any atom is -0.308 e. The van der Waals surface area contributed by atoms with Crippen molar-refractivity contribution in [3.8, 4) is 0 Å². The maximum atomic E-state index is 3.69. The van der Waals surface area contributed by atoms with Crippen molar-refractivity contribution >= 4 is 23.1 Å². The molecular weight excluding hydrogens is 234 g/mol. The van der Waals surface area contributed by atoms with Crippen LogP contribution in [0.2, 0.25) is 0 Å². The Balaban J connectivity index is 2.51. The summed E-state index contributed by atoms with van der Waals surface area (Å²) in [5.74, 6) is 0.740. The average molecular weight is 257 g/mol. The Morgan fingerprint density at radius 3 is 2.62 bits per heavy atom. The van der Waals surface area contributed by atoms with Crippen LogP contribution in [0.1, 0.15) is 38.1 Å². The maximum Gasteiger partial charge on any atom is 0.0417 e. The molecular formula is C13H23NS2. The van der Waals surface area contributed by atoms with Gasteiger partial charge in [-0.2, -0.15) is 11.8 Å². The molecule has 0 saturated carbocycles. The van der Waals surface area contributed by atoms with E-state index < -0.39 is 0 Å². The zero-order valence-corrected chi connectivity index (χ0v) is 12.3. The zero-order chi connectivity index (χ0) is 12.0. The van der Waals surface area contributed by atoms with Gasteiger partial charge in [0.25, 0.3) is 0 Å². The summed E-state index contributed by atoms with van der Waals surface area (Å²) in [6.45, 7) is 7.95. The van der Waals surface area contributed by atoms with E-state index in [9.17, 15) is 0 Å². The molecule has 2 unspecified atom stereocenters. The lowest BCUT2D eigenvalue weighted by Crippen LogP contribution is -2.28. The molecule has 0 aromatic carbocycles. The Labute approximate surface area is 108 Å². The Morgan fingerprint density at radius 1 is 1.38 bits per heavy atom. The topological polar surface area (TPSA) is 12.0 Å². The first-order valence-electron chi connectivity index (χ1n) is 5.93. The summed E-state index contributed by atoms with van der Waals surface area (Å²) in [5, 5.41) is 6.55. The first-order valence-corrected chi connectivity index (χ1v) is 8.09. The van der Waals surface area contributed by atoms with Crippen molar-refractivity contribution in [1.82, 2.24) is 5.32 Å². The Kier molecular flexibility index (Phi) is 6.47. The van der Waals surface area contributed by atoms with Gasteiger partial charge >= 0.3 is 0 Å². The molecule has 92 valence electrons. The summed E-state index contributed by atoms with van der Waals surface area (Å²) in [5.41, 5.74) is 0. The molecule has 0 radical (unpaired) electrons. The minimum absolute atomic E-state index is 0.537. The lowest BCUT2D eigenvalue weighted by molar-refractivity contribution is 0.437. The van der Waals surface area contributed by atoms with Gasteiger partial charge in [0, 0.05) is 22.7 Å². The molecule has 0 saturated heterocycles. The van der Waals surface area contributed by atoms with Crippen LogP contribution in [0.4, 0.5) is 0 Å². The van der Waals surface area contributed by atoms with Crippen LogP contribution < -0.4 is 5.32 Å². The smallest absolute Gasteiger partial charge is 0.0417 e. The van der Waals surface area contributed by atoms with E-state index in [4.69, 9.17) is 0 Å². The molecule has 0 bridgehead atoms. The van der Waals surface area contributed by atoms with E-state index in [2.05, 4.69) is 49.9 Å². The Bertz CT molecular complexity index is 269. The summed E-state index contributed by atoms with van der Waals surface area (Å²) in [6.07, 6.45) is 3.40. The van der Waals surface area contributed by atoms with Crippen LogP contribution in [0.3, 0.4) is 0 Å². The molecule has 0 fully saturated rings. The van der Waals surface area contributed by atoms with Crippen molar-refractivity contribution in [1.29, 1.82) is 0 Å². The van der Waals surface area contributed by atoms with E-state index in [1.807, 2.05) is 23.1 Å². The number of rotatable bonds is 7. The highest BCUT2D eigenvalue weighted by Gasteiger charge is 2.14. The molecule has 1 nitrogen and oxygen atoms in total. The van der Waals surface area contributed by atoms with Gasteiger partial charge in [0.15, 0.2) is 0 Å². The van der Waals surface area contributed by atoms with Crippen LogP contribution in [-0.2, 0) is 0 Å². The van der Waals surface area contributed by atoms with Crippen molar-refractivity contribution in [2.24, 2.45) is 5.92 Å². The number of thiophene rings is 1. The number of thioether (sulfide) groups is 1. The fourth-order valence-electron chi connectivity index (χ4n) is 1.65. The van der Waals surface area contributed by atoms with Crippen LogP contribution in [0.15, 0.2) is 17.5 Å². The van der Waals surface area contributed by atoms with Crippen molar-refractivity contribution in [2.45, 2.75) is 38.5 Å². The lowest BCUT2D eigenvalue weighted by Gasteiger charge is -2.21. The molecule has 1 heterocycles. The summed E-state index contributed by atoms with van der Waals surface area (Å²) in [7, 11) is 0. The van der Waals surface area contributed by atoms with E-state index in [0.29, 0.717) is 11.3 Å². The molecule has 0 spiro atoms. The summed E-state index contributed by atoms with van der Waals surface area (Å²) < 4.78 is 0. The standard InChI is InChI=1S/C13H23NS2/c1-10(2)8-12(13-6-5-7-16-13)14-9-11(3)15-4/h5-7,10-12,14H,8-9H2,1-4H3. The molecule has 16 heavy (non-hydrogen) atoms. The van der Waals surface area contributed by atoms with E-state index in [0.717, 1.165) is 12.5 Å². The maximum absolute atomic E-state index is 3.69. The minimum atomic E-state index is 0.537. The van der Waals surface area contributed by atoms with Crippen molar-refractivity contribution in [2.75, 3.05) is 12.8 Å². The van der Waals surface area contributed by atoms with E-state index in [-0.39, 0.29) is 0 Å². The van der Waals surface area contributed by atoms with Gasteiger partial charge in [0.2, 0.25) is 0 Å².